The van der Waals surface area contributed by atoms with Crippen LogP contribution in [0.5, 0.6) is 0 Å². The first-order valence-electron chi connectivity index (χ1n) is 13.2. The summed E-state index contributed by atoms with van der Waals surface area (Å²) in [6.45, 7) is 2.63. The van der Waals surface area contributed by atoms with Crippen LogP contribution in [-0.2, 0) is 30.4 Å². The molecule has 37 heavy (non-hydrogen) atoms. The Morgan fingerprint density at radius 1 is 0.973 bits per heavy atom. The SMILES string of the molecule is CNC(=O)[C@H](CCCCN)NC(=O)[C@H](Cc1ccccc1)NC(=O)CCCCCN1C(=O)CC(C)C1=O. The number of carbonyl (C=O) groups is 5. The molecule has 0 aliphatic carbocycles. The summed E-state index contributed by atoms with van der Waals surface area (Å²) in [6.07, 6.45) is 4.53. The van der Waals surface area contributed by atoms with Crippen molar-refractivity contribution in [3.63, 3.8) is 0 Å². The zero-order valence-corrected chi connectivity index (χ0v) is 22.0. The molecule has 1 fully saturated rings. The van der Waals surface area contributed by atoms with Gasteiger partial charge in [-0.1, -0.05) is 43.7 Å². The number of benzene rings is 1. The highest BCUT2D eigenvalue weighted by molar-refractivity contribution is 6.03. The number of hydrogen-bond donors (Lipinski definition) is 4. The molecule has 0 radical (unpaired) electrons. The molecule has 1 unspecified atom stereocenters. The van der Waals surface area contributed by atoms with Crippen molar-refractivity contribution < 1.29 is 24.0 Å². The lowest BCUT2D eigenvalue weighted by Gasteiger charge is -2.23. The minimum atomic E-state index is -0.835. The van der Waals surface area contributed by atoms with Gasteiger partial charge < -0.3 is 21.7 Å². The lowest BCUT2D eigenvalue weighted by Crippen LogP contribution is -2.54. The Morgan fingerprint density at radius 3 is 2.32 bits per heavy atom. The van der Waals surface area contributed by atoms with E-state index < -0.39 is 18.0 Å². The molecule has 0 spiro atoms. The molecule has 1 saturated heterocycles. The van der Waals surface area contributed by atoms with Crippen molar-refractivity contribution in [1.82, 2.24) is 20.9 Å². The summed E-state index contributed by atoms with van der Waals surface area (Å²) in [5, 5.41) is 8.20. The number of hydrogen-bond acceptors (Lipinski definition) is 6. The zero-order valence-electron chi connectivity index (χ0n) is 22.0. The van der Waals surface area contributed by atoms with Crippen LogP contribution in [0.15, 0.2) is 30.3 Å². The van der Waals surface area contributed by atoms with Gasteiger partial charge in [0.15, 0.2) is 0 Å². The number of likely N-dealkylation sites (tertiary alicyclic amines) is 1. The first-order chi connectivity index (χ1) is 17.8. The van der Waals surface area contributed by atoms with Crippen LogP contribution in [0.2, 0.25) is 0 Å². The number of unbranched alkanes of at least 4 members (excludes halogenated alkanes) is 3. The zero-order chi connectivity index (χ0) is 27.2. The topological polar surface area (TPSA) is 151 Å². The Labute approximate surface area is 219 Å². The van der Waals surface area contributed by atoms with E-state index in [2.05, 4.69) is 16.0 Å². The maximum Gasteiger partial charge on any atom is 0.243 e. The van der Waals surface area contributed by atoms with Gasteiger partial charge in [-0.05, 0) is 44.2 Å². The molecule has 1 aromatic rings. The van der Waals surface area contributed by atoms with E-state index in [0.29, 0.717) is 51.6 Å². The van der Waals surface area contributed by atoms with Gasteiger partial charge in [-0.15, -0.1) is 0 Å². The van der Waals surface area contributed by atoms with E-state index >= 15 is 0 Å². The highest BCUT2D eigenvalue weighted by Crippen LogP contribution is 2.19. The largest absolute Gasteiger partial charge is 0.357 e. The number of nitrogens with one attached hydrogen (secondary N) is 3. The molecular formula is C27H41N5O5. The van der Waals surface area contributed by atoms with Crippen molar-refractivity contribution in [2.75, 3.05) is 20.1 Å². The number of rotatable bonds is 16. The van der Waals surface area contributed by atoms with E-state index in [-0.39, 0.29) is 42.4 Å². The molecule has 2 rings (SSSR count). The summed E-state index contributed by atoms with van der Waals surface area (Å²) in [6, 6.07) is 7.82. The first-order valence-corrected chi connectivity index (χ1v) is 13.2. The number of imide groups is 1. The summed E-state index contributed by atoms with van der Waals surface area (Å²) in [5.41, 5.74) is 6.44. The van der Waals surface area contributed by atoms with Gasteiger partial charge >= 0.3 is 0 Å². The molecule has 1 heterocycles. The predicted molar refractivity (Wildman–Crippen MR) is 140 cm³/mol. The Hall–Kier alpha value is -3.27. The quantitative estimate of drug-likeness (QED) is 0.191. The van der Waals surface area contributed by atoms with Gasteiger partial charge in [-0.3, -0.25) is 28.9 Å². The van der Waals surface area contributed by atoms with Crippen molar-refractivity contribution >= 4 is 29.5 Å². The highest BCUT2D eigenvalue weighted by atomic mass is 16.2. The lowest BCUT2D eigenvalue weighted by atomic mass is 10.0. The van der Waals surface area contributed by atoms with Crippen molar-refractivity contribution in [3.05, 3.63) is 35.9 Å². The fourth-order valence-electron chi connectivity index (χ4n) is 4.35. The van der Waals surface area contributed by atoms with Crippen LogP contribution in [0.25, 0.3) is 0 Å². The van der Waals surface area contributed by atoms with Gasteiger partial charge in [0.1, 0.15) is 12.1 Å². The van der Waals surface area contributed by atoms with E-state index in [1.165, 1.54) is 11.9 Å². The third-order valence-corrected chi connectivity index (χ3v) is 6.52. The molecule has 10 heteroatoms. The van der Waals surface area contributed by atoms with Crippen LogP contribution < -0.4 is 21.7 Å². The molecular weight excluding hydrogens is 474 g/mol. The molecule has 0 bridgehead atoms. The Bertz CT molecular complexity index is 923. The molecule has 204 valence electrons. The molecule has 1 aliphatic heterocycles. The second-order valence-corrected chi connectivity index (χ2v) is 9.57. The van der Waals surface area contributed by atoms with Crippen molar-refractivity contribution in [1.29, 1.82) is 0 Å². The third kappa shape index (κ3) is 9.95. The van der Waals surface area contributed by atoms with Gasteiger partial charge in [-0.2, -0.15) is 0 Å². The summed E-state index contributed by atoms with van der Waals surface area (Å²) in [7, 11) is 1.52. The maximum absolute atomic E-state index is 13.2. The van der Waals surface area contributed by atoms with E-state index in [9.17, 15) is 24.0 Å². The highest BCUT2D eigenvalue weighted by Gasteiger charge is 2.34. The molecule has 10 nitrogen and oxygen atoms in total. The monoisotopic (exact) mass is 515 g/mol. The summed E-state index contributed by atoms with van der Waals surface area (Å²) in [5.74, 6) is -1.50. The number of carbonyl (C=O) groups excluding carboxylic acids is 5. The second-order valence-electron chi connectivity index (χ2n) is 9.57. The van der Waals surface area contributed by atoms with Crippen LogP contribution in [0.1, 0.15) is 63.9 Å². The van der Waals surface area contributed by atoms with Crippen LogP contribution in [0, 0.1) is 5.92 Å². The molecule has 5 N–H and O–H groups in total. The van der Waals surface area contributed by atoms with Crippen LogP contribution in [0.4, 0.5) is 0 Å². The Kier molecular flexibility index (Phi) is 12.8. The molecule has 5 amide bonds. The van der Waals surface area contributed by atoms with Crippen molar-refractivity contribution in [2.45, 2.75) is 76.8 Å². The van der Waals surface area contributed by atoms with Crippen LogP contribution in [-0.4, -0.2) is 66.7 Å². The minimum absolute atomic E-state index is 0.129. The van der Waals surface area contributed by atoms with Gasteiger partial charge in [0.05, 0.1) is 0 Å². The van der Waals surface area contributed by atoms with Gasteiger partial charge in [0, 0.05) is 38.8 Å². The number of nitrogens with zero attached hydrogens (tertiary/aromatic N) is 1. The lowest BCUT2D eigenvalue weighted by molar-refractivity contribution is -0.139. The van der Waals surface area contributed by atoms with Gasteiger partial charge in [-0.25, -0.2) is 0 Å². The minimum Gasteiger partial charge on any atom is -0.357 e. The number of likely N-dealkylation sites (N-methyl/N-ethyl adjacent to an activating group) is 1. The van der Waals surface area contributed by atoms with E-state index in [0.717, 1.165) is 12.0 Å². The predicted octanol–water partition coefficient (Wildman–Crippen LogP) is 1.03. The molecule has 1 aromatic carbocycles. The number of amides is 5. The molecule has 0 aromatic heterocycles. The van der Waals surface area contributed by atoms with Gasteiger partial charge in [0.25, 0.3) is 0 Å². The molecule has 3 atom stereocenters. The first kappa shape index (κ1) is 30.0. The van der Waals surface area contributed by atoms with Crippen LogP contribution >= 0.6 is 0 Å². The fourth-order valence-corrected chi connectivity index (χ4v) is 4.35. The smallest absolute Gasteiger partial charge is 0.243 e. The van der Waals surface area contributed by atoms with Crippen molar-refractivity contribution in [3.8, 4) is 0 Å². The van der Waals surface area contributed by atoms with Crippen LogP contribution in [0.3, 0.4) is 0 Å². The number of nitrogens with two attached hydrogens (primary N) is 1. The van der Waals surface area contributed by atoms with Gasteiger partial charge in [0.2, 0.25) is 29.5 Å². The Morgan fingerprint density at radius 2 is 1.70 bits per heavy atom. The fraction of sp³-hybridized carbons (Fsp3) is 0.593. The molecule has 1 aliphatic rings. The standard InChI is InChI=1S/C27H41N5O5/c1-19-17-24(34)32(27(19)37)16-10-4-7-14-23(33)30-22(18-20-11-5-3-6-12-20)26(36)31-21(25(35)29-2)13-8-9-15-28/h3,5-6,11-12,19,21-22H,4,7-10,13-18,28H2,1-2H3,(H,29,35)(H,30,33)(H,31,36)/t19?,21-,22-/m0/s1. The Balaban J connectivity index is 1.90. The van der Waals surface area contributed by atoms with Crippen molar-refractivity contribution in [2.24, 2.45) is 11.7 Å². The van der Waals surface area contributed by atoms with E-state index in [1.54, 1.807) is 6.92 Å². The average molecular weight is 516 g/mol. The third-order valence-electron chi connectivity index (χ3n) is 6.52. The normalized spacial score (nSPS) is 16.8. The summed E-state index contributed by atoms with van der Waals surface area (Å²) in [4.78, 5) is 63.4. The van der Waals surface area contributed by atoms with E-state index in [4.69, 9.17) is 5.73 Å². The maximum atomic E-state index is 13.2. The van der Waals surface area contributed by atoms with E-state index in [1.807, 2.05) is 30.3 Å². The second kappa shape index (κ2) is 15.8. The summed E-state index contributed by atoms with van der Waals surface area (Å²) >= 11 is 0. The summed E-state index contributed by atoms with van der Waals surface area (Å²) < 4.78 is 0. The average Bonchev–Trinajstić information content (AvgIpc) is 3.13. The molecule has 0 saturated carbocycles.